The van der Waals surface area contributed by atoms with Crippen LogP contribution in [0.25, 0.3) is 0 Å². The number of carboxylic acid groups (broad SMARTS) is 1. The summed E-state index contributed by atoms with van der Waals surface area (Å²) < 4.78 is 20.0. The minimum atomic E-state index is -1.16. The van der Waals surface area contributed by atoms with Gasteiger partial charge < -0.3 is 40.0 Å². The van der Waals surface area contributed by atoms with E-state index in [-0.39, 0.29) is 12.5 Å². The molecule has 3 heterocycles. The number of methoxy groups -OCH3 is 1. The molecule has 0 bridgehead atoms. The number of nitrogens with one attached hydrogen (secondary N) is 1. The molecule has 3 aromatic carbocycles. The Balaban J connectivity index is 0.000000281. The van der Waals surface area contributed by atoms with E-state index in [1.807, 2.05) is 19.9 Å². The van der Waals surface area contributed by atoms with Crippen molar-refractivity contribution >= 4 is 41.5 Å². The minimum Gasteiger partial charge on any atom is -0.493 e. The van der Waals surface area contributed by atoms with Gasteiger partial charge in [-0.05, 0) is 37.6 Å². The summed E-state index contributed by atoms with van der Waals surface area (Å²) in [6.45, 7) is 3.30. The van der Waals surface area contributed by atoms with E-state index in [2.05, 4.69) is 5.32 Å². The van der Waals surface area contributed by atoms with Crippen LogP contribution in [0.4, 0.5) is 0 Å². The molecule has 2 amide bonds. The summed E-state index contributed by atoms with van der Waals surface area (Å²) in [5.41, 5.74) is 7.51. The van der Waals surface area contributed by atoms with Crippen LogP contribution >= 0.6 is 11.8 Å². The number of rotatable bonds is 9. The zero-order valence-corrected chi connectivity index (χ0v) is 26.5. The Morgan fingerprint density at radius 3 is 2.32 bits per heavy atom. The first-order valence-electron chi connectivity index (χ1n) is 14.5. The van der Waals surface area contributed by atoms with Crippen molar-refractivity contribution in [3.05, 3.63) is 95.6 Å². The second kappa shape index (κ2) is 13.7. The van der Waals surface area contributed by atoms with E-state index in [1.165, 1.54) is 23.8 Å². The van der Waals surface area contributed by atoms with Crippen molar-refractivity contribution in [3.8, 4) is 11.5 Å². The fourth-order valence-electron chi connectivity index (χ4n) is 5.43. The SMILES string of the molecule is CC1(C)S[C@@H]2[C@H](NC(=O)C(N)c3ccccc3)C(=O)N2[C@H]1C(=O)OC1OC(=O)c2ccccc21.COc1ccccc1OCC(=O)O. The van der Waals surface area contributed by atoms with E-state index in [0.29, 0.717) is 28.2 Å². The minimum absolute atomic E-state index is 0.343. The molecule has 5 atom stereocenters. The average Bonchev–Trinajstić information content (AvgIpc) is 3.52. The third-order valence-electron chi connectivity index (χ3n) is 7.70. The zero-order chi connectivity index (χ0) is 33.9. The molecule has 0 radical (unpaired) electrons. The lowest BCUT2D eigenvalue weighted by molar-refractivity contribution is -0.180. The maximum absolute atomic E-state index is 13.2. The third-order valence-corrected chi connectivity index (χ3v) is 9.27. The first-order valence-corrected chi connectivity index (χ1v) is 15.4. The molecule has 6 rings (SSSR count). The number of ether oxygens (including phenoxy) is 4. The van der Waals surface area contributed by atoms with Crippen LogP contribution in [0.1, 0.15) is 47.7 Å². The van der Waals surface area contributed by atoms with E-state index in [9.17, 15) is 24.0 Å². The van der Waals surface area contributed by atoms with E-state index >= 15 is 0 Å². The number of benzene rings is 3. The van der Waals surface area contributed by atoms with Crippen LogP contribution in [0.15, 0.2) is 78.9 Å². The number of β-lactam (4-membered cyclic amide) rings is 1. The topological polar surface area (TPSA) is 184 Å². The molecule has 0 aliphatic carbocycles. The molecule has 13 nitrogen and oxygen atoms in total. The summed E-state index contributed by atoms with van der Waals surface area (Å²) >= 11 is 1.40. The Morgan fingerprint density at radius 1 is 1.00 bits per heavy atom. The van der Waals surface area contributed by atoms with Crippen LogP contribution in [-0.2, 0) is 28.7 Å². The molecule has 2 unspecified atom stereocenters. The summed E-state index contributed by atoms with van der Waals surface area (Å²) in [5, 5.41) is 10.7. The lowest BCUT2D eigenvalue weighted by Crippen LogP contribution is -2.71. The monoisotopic (exact) mass is 663 g/mol. The van der Waals surface area contributed by atoms with Gasteiger partial charge in [0.2, 0.25) is 11.8 Å². The van der Waals surface area contributed by atoms with Gasteiger partial charge in [-0.3, -0.25) is 9.59 Å². The van der Waals surface area contributed by atoms with Gasteiger partial charge in [0.1, 0.15) is 23.5 Å². The summed E-state index contributed by atoms with van der Waals surface area (Å²) in [4.78, 5) is 62.5. The number of amides is 2. The molecule has 3 aliphatic rings. The zero-order valence-electron chi connectivity index (χ0n) is 25.7. The highest BCUT2D eigenvalue weighted by molar-refractivity contribution is 8.01. The first-order chi connectivity index (χ1) is 22.4. The highest BCUT2D eigenvalue weighted by Gasteiger charge is 2.65. The predicted octanol–water partition coefficient (Wildman–Crippen LogP) is 2.80. The summed E-state index contributed by atoms with van der Waals surface area (Å²) in [5.74, 6) is -2.13. The number of carboxylic acids is 1. The quantitative estimate of drug-likeness (QED) is 0.225. The van der Waals surface area contributed by atoms with E-state index in [4.69, 9.17) is 29.8 Å². The molecule has 2 saturated heterocycles. The largest absolute Gasteiger partial charge is 0.493 e. The number of hydrogen-bond acceptors (Lipinski definition) is 11. The summed E-state index contributed by atoms with van der Waals surface area (Å²) in [6, 6.07) is 19.8. The number of cyclic esters (lactones) is 1. The van der Waals surface area contributed by atoms with Crippen molar-refractivity contribution in [2.45, 2.75) is 48.4 Å². The van der Waals surface area contributed by atoms with Gasteiger partial charge in [0.05, 0.1) is 12.7 Å². The molecule has 2 fully saturated rings. The van der Waals surface area contributed by atoms with Crippen molar-refractivity contribution in [2.24, 2.45) is 5.73 Å². The molecular formula is C33H33N3O10S. The van der Waals surface area contributed by atoms with Crippen LogP contribution in [-0.4, -0.2) is 75.6 Å². The van der Waals surface area contributed by atoms with Gasteiger partial charge in [-0.25, -0.2) is 14.4 Å². The van der Waals surface area contributed by atoms with E-state index < -0.39 is 58.4 Å². The number of hydrogen-bond donors (Lipinski definition) is 3. The van der Waals surface area contributed by atoms with Gasteiger partial charge in [-0.2, -0.15) is 0 Å². The van der Waals surface area contributed by atoms with Crippen LogP contribution in [0.2, 0.25) is 0 Å². The maximum atomic E-state index is 13.2. The number of para-hydroxylation sites is 2. The number of nitrogens with two attached hydrogens (primary N) is 1. The number of esters is 2. The van der Waals surface area contributed by atoms with Crippen LogP contribution in [0, 0.1) is 0 Å². The van der Waals surface area contributed by atoms with Crippen molar-refractivity contribution in [3.63, 3.8) is 0 Å². The highest BCUT2D eigenvalue weighted by atomic mass is 32.2. The summed E-state index contributed by atoms with van der Waals surface area (Å²) in [7, 11) is 1.50. The molecule has 246 valence electrons. The number of carbonyl (C=O) groups is 5. The van der Waals surface area contributed by atoms with E-state index in [0.717, 1.165) is 0 Å². The van der Waals surface area contributed by atoms with Crippen molar-refractivity contribution in [2.75, 3.05) is 13.7 Å². The Hall–Kier alpha value is -5.08. The van der Waals surface area contributed by atoms with Crippen LogP contribution in [0.3, 0.4) is 0 Å². The molecule has 47 heavy (non-hydrogen) atoms. The summed E-state index contributed by atoms with van der Waals surface area (Å²) in [6.07, 6.45) is -1.16. The van der Waals surface area contributed by atoms with Gasteiger partial charge >= 0.3 is 17.9 Å². The molecule has 0 saturated carbocycles. The fourth-order valence-corrected chi connectivity index (χ4v) is 7.05. The lowest BCUT2D eigenvalue weighted by Gasteiger charge is -2.44. The van der Waals surface area contributed by atoms with Crippen LogP contribution < -0.4 is 20.5 Å². The number of carbonyl (C=O) groups excluding carboxylic acids is 4. The molecular weight excluding hydrogens is 630 g/mol. The number of nitrogens with zero attached hydrogens (tertiary/aromatic N) is 1. The first kappa shape index (κ1) is 33.3. The van der Waals surface area contributed by atoms with Crippen LogP contribution in [0.5, 0.6) is 11.5 Å². The van der Waals surface area contributed by atoms with Gasteiger partial charge in [-0.15, -0.1) is 11.8 Å². The van der Waals surface area contributed by atoms with Crippen molar-refractivity contribution in [1.82, 2.24) is 10.2 Å². The second-order valence-electron chi connectivity index (χ2n) is 11.2. The Bertz CT molecular complexity index is 1680. The van der Waals surface area contributed by atoms with Crippen molar-refractivity contribution in [1.29, 1.82) is 0 Å². The molecule has 4 N–H and O–H groups in total. The van der Waals surface area contributed by atoms with Gasteiger partial charge in [0, 0.05) is 10.3 Å². The maximum Gasteiger partial charge on any atom is 0.342 e. The Morgan fingerprint density at radius 2 is 1.64 bits per heavy atom. The van der Waals surface area contributed by atoms with Crippen molar-refractivity contribution < 1.29 is 48.0 Å². The molecule has 0 aromatic heterocycles. The average molecular weight is 664 g/mol. The number of fused-ring (bicyclic) bond motifs is 2. The van der Waals surface area contributed by atoms with Gasteiger partial charge in [0.25, 0.3) is 6.29 Å². The predicted molar refractivity (Wildman–Crippen MR) is 168 cm³/mol. The molecule has 14 heteroatoms. The Labute approximate surface area is 274 Å². The number of aliphatic carboxylic acids is 1. The van der Waals surface area contributed by atoms with E-state index in [1.54, 1.807) is 72.8 Å². The second-order valence-corrected chi connectivity index (χ2v) is 13.0. The Kier molecular flexibility index (Phi) is 9.72. The smallest absolute Gasteiger partial charge is 0.342 e. The highest BCUT2D eigenvalue weighted by Crippen LogP contribution is 2.51. The standard InChI is InChI=1S/C24H23N3O6S.C9H10O4/c1-24(2)17(22(31)33-23-14-11-7-6-10-13(14)21(30)32-23)27-19(29)16(20(27)34-24)26-18(28)15(25)12-8-4-3-5-9-12;1-12-7-4-2-3-5-8(7)13-6-9(10)11/h3-11,15-17,20,23H,25H2,1-2H3,(H,26,28);2-5H,6H2,1H3,(H,10,11)/t15?,16-,17+,20-,23?;/m1./s1. The van der Waals surface area contributed by atoms with Gasteiger partial charge in [-0.1, -0.05) is 60.7 Å². The fraction of sp³-hybridized carbons (Fsp3) is 0.303. The third kappa shape index (κ3) is 6.88. The lowest BCUT2D eigenvalue weighted by atomic mass is 9.95. The van der Waals surface area contributed by atoms with Gasteiger partial charge in [0.15, 0.2) is 18.1 Å². The number of thioether (sulfide) groups is 1. The molecule has 3 aromatic rings. The molecule has 0 spiro atoms. The molecule has 3 aliphatic heterocycles. The normalized spacial score (nSPS) is 22.3.